The topological polar surface area (TPSA) is 21.3 Å². The Hall–Kier alpha value is -1.39. The molecule has 106 valence electrons. The summed E-state index contributed by atoms with van der Waals surface area (Å²) in [5, 5.41) is 3.18. The Bertz CT molecular complexity index is 615. The summed E-state index contributed by atoms with van der Waals surface area (Å²) in [7, 11) is 1.89. The predicted octanol–water partition coefficient (Wildman–Crippen LogP) is 4.97. The highest BCUT2D eigenvalue weighted by molar-refractivity contribution is 9.10. The largest absolute Gasteiger partial charge is 0.457 e. The van der Waals surface area contributed by atoms with Gasteiger partial charge in [0.05, 0.1) is 0 Å². The Labute approximate surface area is 127 Å². The second-order valence-electron chi connectivity index (χ2n) is 4.70. The van der Waals surface area contributed by atoms with Gasteiger partial charge in [-0.2, -0.15) is 0 Å². The van der Waals surface area contributed by atoms with Crippen molar-refractivity contribution in [2.45, 2.75) is 19.9 Å². The van der Waals surface area contributed by atoms with Crippen LogP contribution in [0.15, 0.2) is 40.9 Å². The lowest BCUT2D eigenvalue weighted by molar-refractivity contribution is 0.458. The van der Waals surface area contributed by atoms with Crippen molar-refractivity contribution in [2.75, 3.05) is 7.05 Å². The van der Waals surface area contributed by atoms with Crippen LogP contribution in [0, 0.1) is 12.7 Å². The van der Waals surface area contributed by atoms with E-state index in [1.807, 2.05) is 32.2 Å². The second kappa shape index (κ2) is 6.37. The molecule has 1 N–H and O–H groups in total. The average Bonchev–Trinajstić information content (AvgIpc) is 2.42. The normalized spacial score (nSPS) is 12.2. The Kier molecular flexibility index (Phi) is 4.78. The highest BCUT2D eigenvalue weighted by Gasteiger charge is 2.13. The van der Waals surface area contributed by atoms with Crippen LogP contribution in [0.5, 0.6) is 11.5 Å². The Morgan fingerprint density at radius 2 is 1.90 bits per heavy atom. The third-order valence-corrected chi connectivity index (χ3v) is 3.74. The Morgan fingerprint density at radius 3 is 2.60 bits per heavy atom. The predicted molar refractivity (Wildman–Crippen MR) is 82.8 cm³/mol. The molecular formula is C16H17BrFNO. The lowest BCUT2D eigenvalue weighted by atomic mass is 10.1. The van der Waals surface area contributed by atoms with Crippen molar-refractivity contribution in [2.24, 2.45) is 0 Å². The number of hydrogen-bond donors (Lipinski definition) is 1. The fraction of sp³-hybridized carbons (Fsp3) is 0.250. The molecule has 20 heavy (non-hydrogen) atoms. The van der Waals surface area contributed by atoms with Crippen molar-refractivity contribution >= 4 is 15.9 Å². The SMILES string of the molecule is CNC(C)c1ccc(Br)cc1Oc1cc(F)ccc1C. The van der Waals surface area contributed by atoms with Gasteiger partial charge in [0.2, 0.25) is 0 Å². The van der Waals surface area contributed by atoms with Gasteiger partial charge < -0.3 is 10.1 Å². The van der Waals surface area contributed by atoms with E-state index in [0.717, 1.165) is 21.3 Å². The molecule has 0 saturated carbocycles. The van der Waals surface area contributed by atoms with Crippen molar-refractivity contribution in [3.05, 3.63) is 57.8 Å². The van der Waals surface area contributed by atoms with Gasteiger partial charge in [-0.15, -0.1) is 0 Å². The molecule has 0 saturated heterocycles. The summed E-state index contributed by atoms with van der Waals surface area (Å²) >= 11 is 3.44. The molecule has 4 heteroatoms. The number of halogens is 2. The summed E-state index contributed by atoms with van der Waals surface area (Å²) in [5.41, 5.74) is 1.92. The van der Waals surface area contributed by atoms with E-state index in [-0.39, 0.29) is 11.9 Å². The number of rotatable bonds is 4. The summed E-state index contributed by atoms with van der Waals surface area (Å²) in [6.45, 7) is 3.95. The fourth-order valence-electron chi connectivity index (χ4n) is 1.91. The Balaban J connectivity index is 2.41. The van der Waals surface area contributed by atoms with Gasteiger partial charge in [0.1, 0.15) is 17.3 Å². The van der Waals surface area contributed by atoms with Crippen LogP contribution < -0.4 is 10.1 Å². The van der Waals surface area contributed by atoms with E-state index in [9.17, 15) is 4.39 Å². The molecule has 1 atom stereocenters. The zero-order chi connectivity index (χ0) is 14.7. The maximum Gasteiger partial charge on any atom is 0.133 e. The van der Waals surface area contributed by atoms with E-state index < -0.39 is 0 Å². The molecule has 2 aromatic carbocycles. The molecule has 0 amide bonds. The molecule has 2 aromatic rings. The van der Waals surface area contributed by atoms with Crippen LogP contribution >= 0.6 is 15.9 Å². The summed E-state index contributed by atoms with van der Waals surface area (Å²) in [5.74, 6) is 0.950. The van der Waals surface area contributed by atoms with Crippen LogP contribution in [0.2, 0.25) is 0 Å². The quantitative estimate of drug-likeness (QED) is 0.850. The van der Waals surface area contributed by atoms with Gasteiger partial charge in [-0.25, -0.2) is 4.39 Å². The zero-order valence-electron chi connectivity index (χ0n) is 11.7. The van der Waals surface area contributed by atoms with Crippen molar-refractivity contribution in [1.82, 2.24) is 5.32 Å². The number of ether oxygens (including phenoxy) is 1. The van der Waals surface area contributed by atoms with Crippen molar-refractivity contribution in [3.8, 4) is 11.5 Å². The van der Waals surface area contributed by atoms with Crippen LogP contribution in [0.4, 0.5) is 4.39 Å². The molecule has 0 radical (unpaired) electrons. The van der Waals surface area contributed by atoms with E-state index in [2.05, 4.69) is 28.2 Å². The highest BCUT2D eigenvalue weighted by atomic mass is 79.9. The van der Waals surface area contributed by atoms with E-state index in [4.69, 9.17) is 4.74 Å². The minimum atomic E-state index is -0.302. The van der Waals surface area contributed by atoms with E-state index in [1.165, 1.54) is 12.1 Å². The van der Waals surface area contributed by atoms with Crippen LogP contribution in [-0.4, -0.2) is 7.05 Å². The van der Waals surface area contributed by atoms with Crippen molar-refractivity contribution in [3.63, 3.8) is 0 Å². The molecule has 0 spiro atoms. The molecule has 0 aliphatic rings. The number of aryl methyl sites for hydroxylation is 1. The maximum atomic E-state index is 13.4. The first kappa shape index (κ1) is 15.0. The minimum Gasteiger partial charge on any atom is -0.457 e. The standard InChI is InChI=1S/C16H17BrFNO/c1-10-4-6-13(18)9-15(10)20-16-8-12(17)5-7-14(16)11(2)19-3/h4-9,11,19H,1-3H3. The lowest BCUT2D eigenvalue weighted by Crippen LogP contribution is -2.13. The molecule has 2 rings (SSSR count). The van der Waals surface area contributed by atoms with Crippen molar-refractivity contribution in [1.29, 1.82) is 0 Å². The van der Waals surface area contributed by atoms with Crippen LogP contribution in [0.25, 0.3) is 0 Å². The molecule has 0 fully saturated rings. The third kappa shape index (κ3) is 3.38. The van der Waals surface area contributed by atoms with E-state index in [1.54, 1.807) is 6.07 Å². The van der Waals surface area contributed by atoms with Gasteiger partial charge in [0.25, 0.3) is 0 Å². The summed E-state index contributed by atoms with van der Waals surface area (Å²) in [6.07, 6.45) is 0. The van der Waals surface area contributed by atoms with Gasteiger partial charge in [-0.05, 0) is 44.7 Å². The molecule has 0 bridgehead atoms. The molecule has 2 nitrogen and oxygen atoms in total. The summed E-state index contributed by atoms with van der Waals surface area (Å²) in [4.78, 5) is 0. The van der Waals surface area contributed by atoms with E-state index in [0.29, 0.717) is 5.75 Å². The minimum absolute atomic E-state index is 0.145. The van der Waals surface area contributed by atoms with Gasteiger partial charge in [0, 0.05) is 22.1 Å². The van der Waals surface area contributed by atoms with Crippen molar-refractivity contribution < 1.29 is 9.13 Å². The first-order chi connectivity index (χ1) is 9.51. The average molecular weight is 338 g/mol. The number of hydrogen-bond acceptors (Lipinski definition) is 2. The van der Waals surface area contributed by atoms with Gasteiger partial charge >= 0.3 is 0 Å². The zero-order valence-corrected chi connectivity index (χ0v) is 13.3. The molecular weight excluding hydrogens is 321 g/mol. The molecule has 0 aliphatic heterocycles. The van der Waals surface area contributed by atoms with E-state index >= 15 is 0 Å². The fourth-order valence-corrected chi connectivity index (χ4v) is 2.25. The summed E-state index contributed by atoms with van der Waals surface area (Å²) in [6, 6.07) is 10.6. The first-order valence-corrected chi connectivity index (χ1v) is 7.21. The first-order valence-electron chi connectivity index (χ1n) is 6.42. The lowest BCUT2D eigenvalue weighted by Gasteiger charge is -2.17. The smallest absolute Gasteiger partial charge is 0.133 e. The monoisotopic (exact) mass is 337 g/mol. The molecule has 1 unspecified atom stereocenters. The molecule has 0 aliphatic carbocycles. The van der Waals surface area contributed by atoms with Crippen LogP contribution in [-0.2, 0) is 0 Å². The Morgan fingerprint density at radius 1 is 1.15 bits per heavy atom. The second-order valence-corrected chi connectivity index (χ2v) is 5.62. The third-order valence-electron chi connectivity index (χ3n) is 3.25. The maximum absolute atomic E-state index is 13.4. The van der Waals surface area contributed by atoms with Crippen LogP contribution in [0.1, 0.15) is 24.1 Å². The number of benzene rings is 2. The van der Waals surface area contributed by atoms with Crippen LogP contribution in [0.3, 0.4) is 0 Å². The van der Waals surface area contributed by atoms with Gasteiger partial charge in [0.15, 0.2) is 0 Å². The molecule has 0 aromatic heterocycles. The molecule has 0 heterocycles. The van der Waals surface area contributed by atoms with Gasteiger partial charge in [-0.1, -0.05) is 28.1 Å². The number of nitrogens with one attached hydrogen (secondary N) is 1. The van der Waals surface area contributed by atoms with Gasteiger partial charge in [-0.3, -0.25) is 0 Å². The summed E-state index contributed by atoms with van der Waals surface area (Å²) < 4.78 is 20.2. The highest BCUT2D eigenvalue weighted by Crippen LogP contribution is 2.33.